The van der Waals surface area contributed by atoms with Gasteiger partial charge in [0.05, 0.1) is 6.20 Å². The Kier molecular flexibility index (Phi) is 2.04. The quantitative estimate of drug-likeness (QED) is 0.806. The van der Waals surface area contributed by atoms with Crippen LogP contribution in [0.1, 0.15) is 33.3 Å². The highest BCUT2D eigenvalue weighted by Gasteiger charge is 2.65. The molecule has 2 rings (SSSR count). The lowest BCUT2D eigenvalue weighted by Gasteiger charge is -2.06. The molecule has 1 aliphatic rings. The van der Waals surface area contributed by atoms with Crippen molar-refractivity contribution in [1.29, 1.82) is 0 Å². The van der Waals surface area contributed by atoms with Crippen molar-refractivity contribution in [3.63, 3.8) is 0 Å². The molecule has 0 radical (unpaired) electrons. The van der Waals surface area contributed by atoms with Crippen LogP contribution in [0.5, 0.6) is 0 Å². The third kappa shape index (κ3) is 1.50. The Balaban J connectivity index is 2.12. The molecule has 1 aliphatic carbocycles. The summed E-state index contributed by atoms with van der Waals surface area (Å²) in [5.74, 6) is 0.888. The van der Waals surface area contributed by atoms with Gasteiger partial charge in [0.15, 0.2) is 0 Å². The molecule has 0 bridgehead atoms. The van der Waals surface area contributed by atoms with E-state index >= 15 is 0 Å². The Labute approximate surface area is 91.3 Å². The maximum atomic E-state index is 4.09. The van der Waals surface area contributed by atoms with Crippen molar-refractivity contribution >= 4 is 5.82 Å². The summed E-state index contributed by atoms with van der Waals surface area (Å²) in [5.41, 5.74) is 1.81. The van der Waals surface area contributed by atoms with Gasteiger partial charge in [0.1, 0.15) is 5.82 Å². The standard InChI is InChI=1S/C12H19N3/c1-8-6-9(15-13-7-8)14-10-11(2,3)12(10,4)5/h6-7,10H,1-5H3,(H,14,15). The highest BCUT2D eigenvalue weighted by atomic mass is 15.2. The molecule has 0 saturated heterocycles. The molecule has 15 heavy (non-hydrogen) atoms. The van der Waals surface area contributed by atoms with E-state index in [-0.39, 0.29) is 0 Å². The van der Waals surface area contributed by atoms with Crippen LogP contribution in [0.25, 0.3) is 0 Å². The number of hydrogen-bond donors (Lipinski definition) is 1. The van der Waals surface area contributed by atoms with Crippen molar-refractivity contribution < 1.29 is 0 Å². The zero-order chi connectivity index (χ0) is 11.3. The molecular formula is C12H19N3. The second kappa shape index (κ2) is 2.94. The monoisotopic (exact) mass is 205 g/mol. The molecule has 0 amide bonds. The van der Waals surface area contributed by atoms with Gasteiger partial charge in [-0.05, 0) is 29.4 Å². The van der Waals surface area contributed by atoms with Crippen LogP contribution in [0.15, 0.2) is 12.3 Å². The van der Waals surface area contributed by atoms with Crippen LogP contribution in [0, 0.1) is 17.8 Å². The van der Waals surface area contributed by atoms with Gasteiger partial charge in [0, 0.05) is 6.04 Å². The molecule has 0 atom stereocenters. The number of rotatable bonds is 2. The summed E-state index contributed by atoms with van der Waals surface area (Å²) >= 11 is 0. The Morgan fingerprint density at radius 3 is 2.27 bits per heavy atom. The van der Waals surface area contributed by atoms with Crippen LogP contribution in [-0.4, -0.2) is 16.2 Å². The molecule has 1 N–H and O–H groups in total. The molecule has 1 aromatic heterocycles. The van der Waals surface area contributed by atoms with Crippen LogP contribution in [0.3, 0.4) is 0 Å². The van der Waals surface area contributed by atoms with Gasteiger partial charge in [0.25, 0.3) is 0 Å². The third-order valence-electron chi connectivity index (χ3n) is 4.10. The largest absolute Gasteiger partial charge is 0.365 e. The molecule has 1 heterocycles. The second-order valence-corrected chi connectivity index (χ2v) is 5.64. The van der Waals surface area contributed by atoms with Crippen LogP contribution in [0.4, 0.5) is 5.82 Å². The summed E-state index contributed by atoms with van der Waals surface area (Å²) in [6.45, 7) is 11.2. The maximum absolute atomic E-state index is 4.09. The van der Waals surface area contributed by atoms with E-state index in [1.165, 1.54) is 0 Å². The molecule has 0 aromatic carbocycles. The number of aryl methyl sites for hydroxylation is 1. The predicted octanol–water partition coefficient (Wildman–Crippen LogP) is 2.63. The number of nitrogens with one attached hydrogen (secondary N) is 1. The average Bonchev–Trinajstić information content (AvgIpc) is 2.48. The number of anilines is 1. The van der Waals surface area contributed by atoms with Gasteiger partial charge in [-0.25, -0.2) is 0 Å². The van der Waals surface area contributed by atoms with Crippen molar-refractivity contribution in [3.8, 4) is 0 Å². The topological polar surface area (TPSA) is 37.8 Å². The Bertz CT molecular complexity index is 368. The lowest BCUT2D eigenvalue weighted by Crippen LogP contribution is -2.11. The highest BCUT2D eigenvalue weighted by Crippen LogP contribution is 2.63. The zero-order valence-electron chi connectivity index (χ0n) is 10.1. The first-order chi connectivity index (χ1) is 6.85. The van der Waals surface area contributed by atoms with Crippen molar-refractivity contribution in [3.05, 3.63) is 17.8 Å². The summed E-state index contributed by atoms with van der Waals surface area (Å²) in [6, 6.07) is 2.53. The summed E-state index contributed by atoms with van der Waals surface area (Å²) in [5, 5.41) is 11.5. The van der Waals surface area contributed by atoms with E-state index in [1.807, 2.05) is 13.0 Å². The van der Waals surface area contributed by atoms with Crippen LogP contribution in [-0.2, 0) is 0 Å². The van der Waals surface area contributed by atoms with E-state index in [4.69, 9.17) is 0 Å². The lowest BCUT2D eigenvalue weighted by atomic mass is 10.0. The molecule has 82 valence electrons. The van der Waals surface area contributed by atoms with E-state index in [9.17, 15) is 0 Å². The van der Waals surface area contributed by atoms with Crippen LogP contribution < -0.4 is 5.32 Å². The fourth-order valence-corrected chi connectivity index (χ4v) is 2.24. The van der Waals surface area contributed by atoms with Gasteiger partial charge < -0.3 is 5.32 Å². The summed E-state index contributed by atoms with van der Waals surface area (Å²) in [7, 11) is 0. The van der Waals surface area contributed by atoms with Gasteiger partial charge in [-0.2, -0.15) is 5.10 Å². The fraction of sp³-hybridized carbons (Fsp3) is 0.667. The third-order valence-corrected chi connectivity index (χ3v) is 4.10. The molecule has 0 spiro atoms. The normalized spacial score (nSPS) is 22.5. The molecule has 1 aromatic rings. The zero-order valence-corrected chi connectivity index (χ0v) is 10.1. The average molecular weight is 205 g/mol. The first kappa shape index (κ1) is 10.4. The summed E-state index contributed by atoms with van der Waals surface area (Å²) < 4.78 is 0. The molecule has 1 saturated carbocycles. The van der Waals surface area contributed by atoms with Crippen molar-refractivity contribution in [2.45, 2.75) is 40.7 Å². The van der Waals surface area contributed by atoms with E-state index in [0.29, 0.717) is 16.9 Å². The second-order valence-electron chi connectivity index (χ2n) is 5.64. The minimum absolute atomic E-state index is 0.332. The minimum atomic E-state index is 0.332. The fourth-order valence-electron chi connectivity index (χ4n) is 2.24. The molecule has 3 heteroatoms. The van der Waals surface area contributed by atoms with E-state index < -0.39 is 0 Å². The summed E-state index contributed by atoms with van der Waals surface area (Å²) in [6.07, 6.45) is 1.77. The van der Waals surface area contributed by atoms with Crippen LogP contribution >= 0.6 is 0 Å². The van der Waals surface area contributed by atoms with E-state index in [1.54, 1.807) is 6.20 Å². The van der Waals surface area contributed by atoms with Gasteiger partial charge in [-0.3, -0.25) is 0 Å². The predicted molar refractivity (Wildman–Crippen MR) is 61.7 cm³/mol. The first-order valence-electron chi connectivity index (χ1n) is 5.41. The Hall–Kier alpha value is -1.12. The van der Waals surface area contributed by atoms with Crippen molar-refractivity contribution in [2.24, 2.45) is 10.8 Å². The Morgan fingerprint density at radius 1 is 1.20 bits per heavy atom. The van der Waals surface area contributed by atoms with Gasteiger partial charge >= 0.3 is 0 Å². The highest BCUT2D eigenvalue weighted by molar-refractivity contribution is 5.42. The molecule has 3 nitrogen and oxygen atoms in total. The SMILES string of the molecule is Cc1cnnc(NC2C(C)(C)C2(C)C)c1. The van der Waals surface area contributed by atoms with Crippen LogP contribution in [0.2, 0.25) is 0 Å². The van der Waals surface area contributed by atoms with E-state index in [0.717, 1.165) is 11.4 Å². The van der Waals surface area contributed by atoms with Crippen molar-refractivity contribution in [2.75, 3.05) is 5.32 Å². The molecule has 1 fully saturated rings. The molecule has 0 unspecified atom stereocenters. The molecule has 0 aliphatic heterocycles. The van der Waals surface area contributed by atoms with Gasteiger partial charge in [-0.15, -0.1) is 5.10 Å². The number of hydrogen-bond acceptors (Lipinski definition) is 3. The smallest absolute Gasteiger partial charge is 0.149 e. The first-order valence-corrected chi connectivity index (χ1v) is 5.41. The van der Waals surface area contributed by atoms with Crippen molar-refractivity contribution in [1.82, 2.24) is 10.2 Å². The summed E-state index contributed by atoms with van der Waals surface area (Å²) in [4.78, 5) is 0. The number of nitrogens with zero attached hydrogens (tertiary/aromatic N) is 2. The van der Waals surface area contributed by atoms with Gasteiger partial charge in [0.2, 0.25) is 0 Å². The lowest BCUT2D eigenvalue weighted by molar-refractivity contribution is 0.457. The number of aromatic nitrogens is 2. The molecular weight excluding hydrogens is 186 g/mol. The van der Waals surface area contributed by atoms with Gasteiger partial charge in [-0.1, -0.05) is 27.7 Å². The van der Waals surface area contributed by atoms with E-state index in [2.05, 4.69) is 43.2 Å². The Morgan fingerprint density at radius 2 is 1.80 bits per heavy atom. The maximum Gasteiger partial charge on any atom is 0.149 e. The minimum Gasteiger partial charge on any atom is -0.365 e.